The van der Waals surface area contributed by atoms with Gasteiger partial charge < -0.3 is 9.64 Å². The molecule has 1 saturated heterocycles. The van der Waals surface area contributed by atoms with Gasteiger partial charge in [-0.1, -0.05) is 19.1 Å². The highest BCUT2D eigenvalue weighted by atomic mass is 35.5. The molecule has 19 heavy (non-hydrogen) atoms. The van der Waals surface area contributed by atoms with Gasteiger partial charge in [0.2, 0.25) is 5.91 Å². The normalized spacial score (nSPS) is 23.2. The largest absolute Gasteiger partial charge is 0.497 e. The van der Waals surface area contributed by atoms with E-state index in [2.05, 4.69) is 6.92 Å². The summed E-state index contributed by atoms with van der Waals surface area (Å²) >= 11 is 6.24. The Morgan fingerprint density at radius 2 is 2.32 bits per heavy atom. The average molecular weight is 282 g/mol. The number of hydrogen-bond acceptors (Lipinski definition) is 2. The lowest BCUT2D eigenvalue weighted by Gasteiger charge is -2.34. The van der Waals surface area contributed by atoms with Crippen molar-refractivity contribution in [1.29, 1.82) is 0 Å². The fraction of sp³-hybridized carbons (Fsp3) is 0.533. The van der Waals surface area contributed by atoms with Gasteiger partial charge in [0, 0.05) is 13.1 Å². The summed E-state index contributed by atoms with van der Waals surface area (Å²) in [7, 11) is 1.63. The van der Waals surface area contributed by atoms with Gasteiger partial charge in [-0.2, -0.15) is 0 Å². The summed E-state index contributed by atoms with van der Waals surface area (Å²) in [4.78, 5) is 14.1. The molecule has 1 fully saturated rings. The second-order valence-electron chi connectivity index (χ2n) is 5.15. The lowest BCUT2D eigenvalue weighted by atomic mass is 9.98. The van der Waals surface area contributed by atoms with Crippen LogP contribution in [0.3, 0.4) is 0 Å². The number of benzene rings is 1. The molecule has 0 aromatic heterocycles. The van der Waals surface area contributed by atoms with Crippen LogP contribution in [0, 0.1) is 5.92 Å². The SMILES string of the molecule is COc1cccc(CC(=O)N2CCC(C)C(Cl)C2)c1. The smallest absolute Gasteiger partial charge is 0.227 e. The average Bonchev–Trinajstić information content (AvgIpc) is 2.42. The third kappa shape index (κ3) is 3.63. The van der Waals surface area contributed by atoms with E-state index < -0.39 is 0 Å². The van der Waals surface area contributed by atoms with Gasteiger partial charge in [-0.25, -0.2) is 0 Å². The van der Waals surface area contributed by atoms with Gasteiger partial charge in [-0.15, -0.1) is 11.6 Å². The molecule has 1 aromatic rings. The van der Waals surface area contributed by atoms with Crippen LogP contribution < -0.4 is 4.74 Å². The first kappa shape index (κ1) is 14.2. The monoisotopic (exact) mass is 281 g/mol. The Labute approximate surface area is 119 Å². The molecule has 1 aliphatic rings. The Morgan fingerprint density at radius 3 is 3.00 bits per heavy atom. The van der Waals surface area contributed by atoms with Crippen LogP contribution in [0.15, 0.2) is 24.3 Å². The minimum absolute atomic E-state index is 0.0722. The number of rotatable bonds is 3. The number of methoxy groups -OCH3 is 1. The van der Waals surface area contributed by atoms with Gasteiger partial charge in [0.05, 0.1) is 18.9 Å². The zero-order valence-electron chi connectivity index (χ0n) is 11.4. The Kier molecular flexibility index (Phi) is 4.70. The summed E-state index contributed by atoms with van der Waals surface area (Å²) in [5, 5.41) is 0.0722. The molecule has 0 bridgehead atoms. The predicted molar refractivity (Wildman–Crippen MR) is 76.7 cm³/mol. The third-order valence-corrected chi connectivity index (χ3v) is 4.28. The molecule has 4 heteroatoms. The molecular formula is C15H20ClNO2. The van der Waals surface area contributed by atoms with E-state index >= 15 is 0 Å². The van der Waals surface area contributed by atoms with Crippen molar-refractivity contribution < 1.29 is 9.53 Å². The first-order valence-electron chi connectivity index (χ1n) is 6.65. The van der Waals surface area contributed by atoms with E-state index in [0.29, 0.717) is 18.9 Å². The molecule has 2 atom stereocenters. The van der Waals surface area contributed by atoms with Crippen molar-refractivity contribution >= 4 is 17.5 Å². The Balaban J connectivity index is 1.97. The van der Waals surface area contributed by atoms with E-state index in [1.54, 1.807) is 7.11 Å². The van der Waals surface area contributed by atoms with Crippen molar-refractivity contribution in [2.45, 2.75) is 25.1 Å². The number of amides is 1. The van der Waals surface area contributed by atoms with Crippen molar-refractivity contribution in [2.24, 2.45) is 5.92 Å². The van der Waals surface area contributed by atoms with E-state index in [0.717, 1.165) is 24.3 Å². The van der Waals surface area contributed by atoms with Crippen molar-refractivity contribution in [3.05, 3.63) is 29.8 Å². The Bertz CT molecular complexity index is 450. The van der Waals surface area contributed by atoms with Crippen LogP contribution in [0.2, 0.25) is 0 Å². The van der Waals surface area contributed by atoms with E-state index in [4.69, 9.17) is 16.3 Å². The van der Waals surface area contributed by atoms with Crippen molar-refractivity contribution in [3.8, 4) is 5.75 Å². The van der Waals surface area contributed by atoms with Gasteiger partial charge in [-0.05, 0) is 30.0 Å². The molecule has 0 saturated carbocycles. The number of hydrogen-bond donors (Lipinski definition) is 0. The molecule has 2 unspecified atom stereocenters. The minimum atomic E-state index is 0.0722. The van der Waals surface area contributed by atoms with Crippen LogP contribution in [-0.2, 0) is 11.2 Å². The van der Waals surface area contributed by atoms with Crippen molar-refractivity contribution in [2.75, 3.05) is 20.2 Å². The van der Waals surface area contributed by atoms with E-state index in [1.165, 1.54) is 0 Å². The predicted octanol–water partition coefficient (Wildman–Crippen LogP) is 2.71. The summed E-state index contributed by atoms with van der Waals surface area (Å²) in [5.41, 5.74) is 0.981. The van der Waals surface area contributed by atoms with E-state index in [9.17, 15) is 4.79 Å². The molecule has 1 heterocycles. The minimum Gasteiger partial charge on any atom is -0.497 e. The first-order valence-corrected chi connectivity index (χ1v) is 7.08. The van der Waals surface area contributed by atoms with Crippen LogP contribution >= 0.6 is 11.6 Å². The standard InChI is InChI=1S/C15H20ClNO2/c1-11-6-7-17(10-14(11)16)15(18)9-12-4-3-5-13(8-12)19-2/h3-5,8,11,14H,6-7,9-10H2,1-2H3. The topological polar surface area (TPSA) is 29.5 Å². The molecule has 2 rings (SSSR count). The summed E-state index contributed by atoms with van der Waals surface area (Å²) in [6, 6.07) is 7.64. The number of carbonyl (C=O) groups excluding carboxylic acids is 1. The lowest BCUT2D eigenvalue weighted by Crippen LogP contribution is -2.44. The van der Waals surface area contributed by atoms with Crippen LogP contribution in [0.1, 0.15) is 18.9 Å². The molecule has 0 aliphatic carbocycles. The molecule has 0 N–H and O–H groups in total. The highest BCUT2D eigenvalue weighted by molar-refractivity contribution is 6.21. The number of ether oxygens (including phenoxy) is 1. The lowest BCUT2D eigenvalue weighted by molar-refractivity contribution is -0.131. The van der Waals surface area contributed by atoms with Gasteiger partial charge in [0.15, 0.2) is 0 Å². The summed E-state index contributed by atoms with van der Waals surface area (Å²) in [6.45, 7) is 3.61. The molecular weight excluding hydrogens is 262 g/mol. The first-order chi connectivity index (χ1) is 9.10. The summed E-state index contributed by atoms with van der Waals surface area (Å²) < 4.78 is 5.17. The maximum absolute atomic E-state index is 12.2. The molecule has 1 aliphatic heterocycles. The number of likely N-dealkylation sites (tertiary alicyclic amines) is 1. The Hall–Kier alpha value is -1.22. The molecule has 3 nitrogen and oxygen atoms in total. The van der Waals surface area contributed by atoms with E-state index in [-0.39, 0.29) is 11.3 Å². The zero-order chi connectivity index (χ0) is 13.8. The van der Waals surface area contributed by atoms with Crippen LogP contribution in [0.5, 0.6) is 5.75 Å². The maximum atomic E-state index is 12.2. The molecule has 1 amide bonds. The number of alkyl halides is 1. The number of carbonyl (C=O) groups is 1. The molecule has 104 valence electrons. The van der Waals surface area contributed by atoms with Gasteiger partial charge >= 0.3 is 0 Å². The van der Waals surface area contributed by atoms with Gasteiger partial charge in [0.1, 0.15) is 5.75 Å². The zero-order valence-corrected chi connectivity index (χ0v) is 12.2. The van der Waals surface area contributed by atoms with Gasteiger partial charge in [0.25, 0.3) is 0 Å². The Morgan fingerprint density at radius 1 is 1.53 bits per heavy atom. The van der Waals surface area contributed by atoms with Gasteiger partial charge in [-0.3, -0.25) is 4.79 Å². The fourth-order valence-electron chi connectivity index (χ4n) is 2.32. The maximum Gasteiger partial charge on any atom is 0.227 e. The van der Waals surface area contributed by atoms with Crippen molar-refractivity contribution in [3.63, 3.8) is 0 Å². The van der Waals surface area contributed by atoms with Crippen LogP contribution in [0.4, 0.5) is 0 Å². The van der Waals surface area contributed by atoms with Crippen LogP contribution in [0.25, 0.3) is 0 Å². The van der Waals surface area contributed by atoms with Crippen molar-refractivity contribution in [1.82, 2.24) is 4.90 Å². The fourth-order valence-corrected chi connectivity index (χ4v) is 2.61. The number of piperidine rings is 1. The summed E-state index contributed by atoms with van der Waals surface area (Å²) in [5.74, 6) is 1.42. The highest BCUT2D eigenvalue weighted by Crippen LogP contribution is 2.22. The molecule has 1 aromatic carbocycles. The summed E-state index contributed by atoms with van der Waals surface area (Å²) in [6.07, 6.45) is 1.40. The third-order valence-electron chi connectivity index (χ3n) is 3.71. The second kappa shape index (κ2) is 6.29. The number of nitrogens with zero attached hydrogens (tertiary/aromatic N) is 1. The van der Waals surface area contributed by atoms with E-state index in [1.807, 2.05) is 29.2 Å². The highest BCUT2D eigenvalue weighted by Gasteiger charge is 2.27. The van der Waals surface area contributed by atoms with Crippen LogP contribution in [-0.4, -0.2) is 36.4 Å². The quantitative estimate of drug-likeness (QED) is 0.798. The number of halogens is 1. The second-order valence-corrected chi connectivity index (χ2v) is 5.71. The molecule has 0 spiro atoms. The molecule has 0 radical (unpaired) electrons.